The van der Waals surface area contributed by atoms with Crippen molar-refractivity contribution in [1.82, 2.24) is 10.6 Å². The quantitative estimate of drug-likeness (QED) is 0.684. The molecular formula is C10H12N2O3. The highest BCUT2D eigenvalue weighted by Crippen LogP contribution is 1.98. The number of carbonyl (C=O) groups excluding carboxylic acids is 2. The molecule has 2 N–H and O–H groups in total. The van der Waals surface area contributed by atoms with Crippen LogP contribution >= 0.6 is 0 Å². The maximum Gasteiger partial charge on any atom is 0.287 e. The first-order valence-electron chi connectivity index (χ1n) is 4.43. The Morgan fingerprint density at radius 3 is 2.87 bits per heavy atom. The number of amides is 2. The Hall–Kier alpha value is -2.04. The zero-order chi connectivity index (χ0) is 11.1. The van der Waals surface area contributed by atoms with Crippen LogP contribution in [0.2, 0.25) is 0 Å². The third-order valence-corrected chi connectivity index (χ3v) is 1.60. The molecule has 1 rings (SSSR count). The summed E-state index contributed by atoms with van der Waals surface area (Å²) in [5.41, 5.74) is 0. The molecule has 15 heavy (non-hydrogen) atoms. The summed E-state index contributed by atoms with van der Waals surface area (Å²) in [7, 11) is 0. The lowest BCUT2D eigenvalue weighted by atomic mass is 10.4. The second-order valence-corrected chi connectivity index (χ2v) is 2.75. The largest absolute Gasteiger partial charge is 0.459 e. The van der Waals surface area contributed by atoms with E-state index < -0.39 is 5.91 Å². The van der Waals surface area contributed by atoms with Gasteiger partial charge in [-0.05, 0) is 12.1 Å². The van der Waals surface area contributed by atoms with E-state index in [1.54, 1.807) is 12.1 Å². The molecule has 1 heterocycles. The van der Waals surface area contributed by atoms with Crippen LogP contribution in [0.1, 0.15) is 10.6 Å². The van der Waals surface area contributed by atoms with Crippen LogP contribution in [-0.2, 0) is 4.79 Å². The van der Waals surface area contributed by atoms with E-state index in [1.807, 2.05) is 0 Å². The second-order valence-electron chi connectivity index (χ2n) is 2.75. The average Bonchev–Trinajstić information content (AvgIpc) is 2.76. The standard InChI is InChI=1S/C10H12N2O3/c1-2-5-11-9(13)7-12-10(14)8-4-3-6-15-8/h2-4,6H,1,5,7H2,(H,11,13)(H,12,14). The van der Waals surface area contributed by atoms with Gasteiger partial charge in [-0.1, -0.05) is 6.08 Å². The zero-order valence-electron chi connectivity index (χ0n) is 8.16. The highest BCUT2D eigenvalue weighted by atomic mass is 16.3. The molecule has 0 fully saturated rings. The van der Waals surface area contributed by atoms with Crippen molar-refractivity contribution >= 4 is 11.8 Å². The van der Waals surface area contributed by atoms with Gasteiger partial charge in [0, 0.05) is 6.54 Å². The van der Waals surface area contributed by atoms with E-state index in [4.69, 9.17) is 4.42 Å². The normalized spacial score (nSPS) is 9.33. The molecule has 80 valence electrons. The van der Waals surface area contributed by atoms with E-state index in [0.717, 1.165) is 0 Å². The van der Waals surface area contributed by atoms with Crippen molar-refractivity contribution in [3.63, 3.8) is 0 Å². The molecule has 0 unspecified atom stereocenters. The topological polar surface area (TPSA) is 71.3 Å². The molecule has 0 aromatic carbocycles. The molecule has 0 spiro atoms. The van der Waals surface area contributed by atoms with Gasteiger partial charge in [0.05, 0.1) is 12.8 Å². The monoisotopic (exact) mass is 208 g/mol. The fourth-order valence-electron chi connectivity index (χ4n) is 0.904. The van der Waals surface area contributed by atoms with Gasteiger partial charge in [-0.3, -0.25) is 9.59 Å². The lowest BCUT2D eigenvalue weighted by Gasteiger charge is -2.03. The molecule has 0 atom stereocenters. The van der Waals surface area contributed by atoms with Gasteiger partial charge in [0.2, 0.25) is 5.91 Å². The van der Waals surface area contributed by atoms with Crippen LogP contribution in [0.3, 0.4) is 0 Å². The maximum absolute atomic E-state index is 11.3. The number of furan rings is 1. The van der Waals surface area contributed by atoms with Gasteiger partial charge < -0.3 is 15.1 Å². The van der Waals surface area contributed by atoms with Gasteiger partial charge in [0.15, 0.2) is 5.76 Å². The molecule has 2 amide bonds. The van der Waals surface area contributed by atoms with Crippen molar-refractivity contribution < 1.29 is 14.0 Å². The van der Waals surface area contributed by atoms with Crippen LogP contribution in [0.25, 0.3) is 0 Å². The van der Waals surface area contributed by atoms with E-state index in [1.165, 1.54) is 12.3 Å². The number of hydrogen-bond acceptors (Lipinski definition) is 3. The van der Waals surface area contributed by atoms with Crippen molar-refractivity contribution in [2.45, 2.75) is 0 Å². The van der Waals surface area contributed by atoms with Crippen molar-refractivity contribution in [3.8, 4) is 0 Å². The van der Waals surface area contributed by atoms with Crippen LogP contribution in [0, 0.1) is 0 Å². The molecule has 0 aliphatic carbocycles. The number of hydrogen-bond donors (Lipinski definition) is 2. The number of rotatable bonds is 5. The summed E-state index contributed by atoms with van der Waals surface area (Å²) in [4.78, 5) is 22.4. The van der Waals surface area contributed by atoms with Gasteiger partial charge in [0.1, 0.15) is 0 Å². The minimum atomic E-state index is -0.409. The molecular weight excluding hydrogens is 196 g/mol. The lowest BCUT2D eigenvalue weighted by Crippen LogP contribution is -2.36. The maximum atomic E-state index is 11.3. The summed E-state index contributed by atoms with van der Waals surface area (Å²) in [6.45, 7) is 3.76. The Bertz CT molecular complexity index is 344. The van der Waals surface area contributed by atoms with Crippen LogP contribution in [0.4, 0.5) is 0 Å². The molecule has 0 bridgehead atoms. The molecule has 5 heteroatoms. The zero-order valence-corrected chi connectivity index (χ0v) is 8.16. The Morgan fingerprint density at radius 2 is 2.27 bits per heavy atom. The van der Waals surface area contributed by atoms with Crippen molar-refractivity contribution in [2.24, 2.45) is 0 Å². The van der Waals surface area contributed by atoms with Gasteiger partial charge >= 0.3 is 0 Å². The van der Waals surface area contributed by atoms with Gasteiger partial charge in [-0.25, -0.2) is 0 Å². The van der Waals surface area contributed by atoms with E-state index in [2.05, 4.69) is 17.2 Å². The van der Waals surface area contributed by atoms with Crippen molar-refractivity contribution in [3.05, 3.63) is 36.8 Å². The average molecular weight is 208 g/mol. The molecule has 0 aliphatic heterocycles. The van der Waals surface area contributed by atoms with Gasteiger partial charge in [-0.2, -0.15) is 0 Å². The summed E-state index contributed by atoms with van der Waals surface area (Å²) in [6.07, 6.45) is 2.96. The fraction of sp³-hybridized carbons (Fsp3) is 0.200. The van der Waals surface area contributed by atoms with Gasteiger partial charge in [-0.15, -0.1) is 6.58 Å². The van der Waals surface area contributed by atoms with E-state index in [0.29, 0.717) is 6.54 Å². The van der Waals surface area contributed by atoms with Crippen LogP contribution in [0.15, 0.2) is 35.5 Å². The summed E-state index contributed by atoms with van der Waals surface area (Å²) >= 11 is 0. The Morgan fingerprint density at radius 1 is 1.47 bits per heavy atom. The molecule has 1 aromatic heterocycles. The first kappa shape index (κ1) is 11.0. The lowest BCUT2D eigenvalue weighted by molar-refractivity contribution is -0.119. The second kappa shape index (κ2) is 5.64. The SMILES string of the molecule is C=CCNC(=O)CNC(=O)c1ccco1. The Kier molecular flexibility index (Phi) is 4.15. The molecule has 0 saturated heterocycles. The summed E-state index contributed by atoms with van der Waals surface area (Å²) < 4.78 is 4.85. The molecule has 1 aromatic rings. The van der Waals surface area contributed by atoms with Crippen molar-refractivity contribution in [2.75, 3.05) is 13.1 Å². The van der Waals surface area contributed by atoms with E-state index in [9.17, 15) is 9.59 Å². The smallest absolute Gasteiger partial charge is 0.287 e. The first-order valence-corrected chi connectivity index (χ1v) is 4.43. The third kappa shape index (κ3) is 3.68. The Labute approximate surface area is 87.1 Å². The minimum Gasteiger partial charge on any atom is -0.459 e. The minimum absolute atomic E-state index is 0.0760. The molecule has 0 radical (unpaired) electrons. The highest BCUT2D eigenvalue weighted by molar-refractivity contribution is 5.94. The molecule has 0 saturated carbocycles. The fourth-order valence-corrected chi connectivity index (χ4v) is 0.904. The summed E-state index contributed by atoms with van der Waals surface area (Å²) in [5, 5.41) is 4.95. The first-order chi connectivity index (χ1) is 7.24. The number of carbonyl (C=O) groups is 2. The predicted octanol–water partition coefficient (Wildman–Crippen LogP) is 0.312. The molecule has 0 aliphatic rings. The van der Waals surface area contributed by atoms with E-state index >= 15 is 0 Å². The summed E-state index contributed by atoms with van der Waals surface area (Å²) in [6, 6.07) is 3.13. The van der Waals surface area contributed by atoms with Gasteiger partial charge in [0.25, 0.3) is 5.91 Å². The van der Waals surface area contributed by atoms with Crippen LogP contribution in [-0.4, -0.2) is 24.9 Å². The van der Waals surface area contributed by atoms with Crippen LogP contribution in [0.5, 0.6) is 0 Å². The third-order valence-electron chi connectivity index (χ3n) is 1.60. The number of nitrogens with one attached hydrogen (secondary N) is 2. The van der Waals surface area contributed by atoms with E-state index in [-0.39, 0.29) is 18.2 Å². The molecule has 5 nitrogen and oxygen atoms in total. The van der Waals surface area contributed by atoms with Crippen molar-refractivity contribution in [1.29, 1.82) is 0 Å². The highest BCUT2D eigenvalue weighted by Gasteiger charge is 2.09. The Balaban J connectivity index is 2.28. The summed E-state index contributed by atoms with van der Waals surface area (Å²) in [5.74, 6) is -0.491. The predicted molar refractivity (Wildman–Crippen MR) is 54.2 cm³/mol. The van der Waals surface area contributed by atoms with Crippen LogP contribution < -0.4 is 10.6 Å².